The molecule has 3 aromatic heterocycles. The van der Waals surface area contributed by atoms with Crippen LogP contribution in [0.15, 0.2) is 65.7 Å². The van der Waals surface area contributed by atoms with Crippen molar-refractivity contribution < 1.29 is 26.7 Å². The van der Waals surface area contributed by atoms with Gasteiger partial charge >= 0.3 is 11.9 Å². The Balaban J connectivity index is 1.32. The lowest BCUT2D eigenvalue weighted by Gasteiger charge is -2.32. The molecule has 2 aromatic carbocycles. The molecule has 5 aromatic rings. The van der Waals surface area contributed by atoms with Gasteiger partial charge in [0.05, 0.1) is 34.1 Å². The Hall–Kier alpha value is -5.32. The maximum absolute atomic E-state index is 14.6. The summed E-state index contributed by atoms with van der Waals surface area (Å²) in [4.78, 5) is 34.2. The number of nitrogens with one attached hydrogen (secondary N) is 1. The van der Waals surface area contributed by atoms with Crippen molar-refractivity contribution in [3.8, 4) is 23.0 Å². The monoisotopic (exact) mass is 593 g/mol. The molecule has 1 fully saturated rings. The Morgan fingerprint density at radius 2 is 1.84 bits per heavy atom. The number of H-pyrrole nitrogens is 1. The van der Waals surface area contributed by atoms with E-state index in [1.165, 1.54) is 44.7 Å². The quantitative estimate of drug-likeness (QED) is 0.287. The third-order valence-electron chi connectivity index (χ3n) is 7.45. The number of carbonyl (C=O) groups excluding carboxylic acids is 1. The van der Waals surface area contributed by atoms with E-state index in [0.29, 0.717) is 11.3 Å². The Kier molecular flexibility index (Phi) is 6.80. The van der Waals surface area contributed by atoms with Gasteiger partial charge in [-0.2, -0.15) is 23.5 Å². The molecular weight excluding hydrogens is 573 g/mol. The van der Waals surface area contributed by atoms with Crippen molar-refractivity contribution in [1.82, 2.24) is 29.2 Å². The number of imidazole rings is 1. The lowest BCUT2D eigenvalue weighted by atomic mass is 10.0. The average molecular weight is 594 g/mol. The minimum absolute atomic E-state index is 0.0177. The minimum Gasteiger partial charge on any atom is -0.337 e. The first-order chi connectivity index (χ1) is 20.6. The zero-order chi connectivity index (χ0) is 30.5. The predicted molar refractivity (Wildman–Crippen MR) is 143 cm³/mol. The first-order valence-corrected chi connectivity index (χ1v) is 13.1. The highest BCUT2D eigenvalue weighted by molar-refractivity contribution is 5.93. The lowest BCUT2D eigenvalue weighted by Crippen LogP contribution is -2.40. The van der Waals surface area contributed by atoms with Crippen LogP contribution < -0.4 is 5.69 Å². The summed E-state index contributed by atoms with van der Waals surface area (Å²) in [7, 11) is 0. The molecule has 14 heteroatoms. The topological polar surface area (TPSA) is 113 Å². The second-order valence-corrected chi connectivity index (χ2v) is 9.99. The Morgan fingerprint density at radius 1 is 1.07 bits per heavy atom. The predicted octanol–water partition coefficient (Wildman–Crippen LogP) is 5.22. The molecule has 0 saturated carbocycles. The van der Waals surface area contributed by atoms with E-state index in [4.69, 9.17) is 0 Å². The number of hydrogen-bond donors (Lipinski definition) is 1. The largest absolute Gasteiger partial charge is 0.417 e. The van der Waals surface area contributed by atoms with Crippen LogP contribution in [0.5, 0.6) is 0 Å². The van der Waals surface area contributed by atoms with Gasteiger partial charge in [0.25, 0.3) is 5.91 Å². The van der Waals surface area contributed by atoms with Crippen LogP contribution in [0.4, 0.5) is 22.0 Å². The number of likely N-dealkylation sites (tertiary alicyclic amines) is 1. The Bertz CT molecular complexity index is 1960. The summed E-state index contributed by atoms with van der Waals surface area (Å²) < 4.78 is 72.0. The van der Waals surface area contributed by atoms with Crippen molar-refractivity contribution in [3.63, 3.8) is 0 Å². The fourth-order valence-electron chi connectivity index (χ4n) is 5.39. The first kappa shape index (κ1) is 27.8. The number of hydrogen-bond acceptors (Lipinski definition) is 5. The van der Waals surface area contributed by atoms with Gasteiger partial charge in [0.2, 0.25) is 0 Å². The standard InChI is InChI=1S/C29H20F5N7O2/c30-21-5-6-22-26(25(21)31)40(28(43)37-22)18-7-10-39(11-8-18)27(42)23-13-24(17-2-1-9-36-15-17)41(38-23)19-4-3-16(14-35)20(12-19)29(32,33)34/h1-6,9,12-13,15,18H,7-8,10-11H2,(H,37,43). The second kappa shape index (κ2) is 10.5. The number of fused-ring (bicyclic) bond motifs is 1. The van der Waals surface area contributed by atoms with E-state index >= 15 is 0 Å². The van der Waals surface area contributed by atoms with E-state index in [9.17, 15) is 36.8 Å². The Labute approximate surface area is 239 Å². The molecule has 9 nitrogen and oxygen atoms in total. The molecule has 0 aliphatic carbocycles. The highest BCUT2D eigenvalue weighted by atomic mass is 19.4. The second-order valence-electron chi connectivity index (χ2n) is 9.99. The third kappa shape index (κ3) is 4.92. The van der Waals surface area contributed by atoms with Crippen molar-refractivity contribution in [1.29, 1.82) is 5.26 Å². The molecule has 0 atom stereocenters. The fourth-order valence-corrected chi connectivity index (χ4v) is 5.39. The SMILES string of the molecule is N#Cc1ccc(-n2nc(C(=O)N3CCC(n4c(=O)[nH]c5ccc(F)c(F)c54)CC3)cc2-c2cccnc2)cc1C(F)(F)F. The molecule has 1 N–H and O–H groups in total. The summed E-state index contributed by atoms with van der Waals surface area (Å²) in [5, 5.41) is 13.5. The summed E-state index contributed by atoms with van der Waals surface area (Å²) in [6.07, 6.45) is -1.29. The number of carbonyl (C=O) groups is 1. The van der Waals surface area contributed by atoms with Crippen LogP contribution in [-0.4, -0.2) is 48.2 Å². The van der Waals surface area contributed by atoms with E-state index in [1.54, 1.807) is 18.2 Å². The molecule has 1 amide bonds. The van der Waals surface area contributed by atoms with Crippen molar-refractivity contribution in [2.45, 2.75) is 25.1 Å². The molecule has 4 heterocycles. The molecule has 0 radical (unpaired) electrons. The molecule has 0 bridgehead atoms. The minimum atomic E-state index is -4.80. The van der Waals surface area contributed by atoms with Crippen LogP contribution in [-0.2, 0) is 6.18 Å². The van der Waals surface area contributed by atoms with Crippen LogP contribution >= 0.6 is 0 Å². The molecule has 1 saturated heterocycles. The van der Waals surface area contributed by atoms with Crippen molar-refractivity contribution >= 4 is 16.9 Å². The number of aromatic nitrogens is 5. The maximum atomic E-state index is 14.6. The van der Waals surface area contributed by atoms with Gasteiger partial charge in [-0.25, -0.2) is 18.3 Å². The molecule has 0 unspecified atom stereocenters. The van der Waals surface area contributed by atoms with Gasteiger partial charge in [-0.15, -0.1) is 0 Å². The molecule has 0 spiro atoms. The highest BCUT2D eigenvalue weighted by Gasteiger charge is 2.35. The summed E-state index contributed by atoms with van der Waals surface area (Å²) in [6, 6.07) is 11.1. The van der Waals surface area contributed by atoms with E-state index in [1.807, 2.05) is 0 Å². The lowest BCUT2D eigenvalue weighted by molar-refractivity contribution is -0.137. The average Bonchev–Trinajstić information content (AvgIpc) is 3.60. The fraction of sp³-hybridized carbons (Fsp3) is 0.207. The number of pyridine rings is 1. The van der Waals surface area contributed by atoms with Crippen LogP contribution in [0, 0.1) is 23.0 Å². The van der Waals surface area contributed by atoms with Crippen molar-refractivity contribution in [2.75, 3.05) is 13.1 Å². The molecule has 1 aliphatic rings. The van der Waals surface area contributed by atoms with E-state index in [-0.39, 0.29) is 48.3 Å². The normalized spacial score (nSPS) is 14.3. The number of piperidine rings is 1. The molecule has 43 heavy (non-hydrogen) atoms. The number of rotatable bonds is 4. The number of nitrogens with zero attached hydrogens (tertiary/aromatic N) is 6. The zero-order valence-corrected chi connectivity index (χ0v) is 22.1. The number of nitriles is 1. The zero-order valence-electron chi connectivity index (χ0n) is 22.1. The maximum Gasteiger partial charge on any atom is 0.417 e. The van der Waals surface area contributed by atoms with E-state index in [0.717, 1.165) is 18.2 Å². The van der Waals surface area contributed by atoms with Crippen LogP contribution in [0.3, 0.4) is 0 Å². The summed E-state index contributed by atoms with van der Waals surface area (Å²) in [5.74, 6) is -2.73. The number of benzene rings is 2. The van der Waals surface area contributed by atoms with Gasteiger partial charge in [0.1, 0.15) is 5.52 Å². The molecule has 6 rings (SSSR count). The van der Waals surface area contributed by atoms with Crippen molar-refractivity contribution in [2.24, 2.45) is 0 Å². The summed E-state index contributed by atoms with van der Waals surface area (Å²) in [5.41, 5.74) is -1.58. The molecular formula is C29H20F5N7O2. The first-order valence-electron chi connectivity index (χ1n) is 13.1. The molecule has 1 aliphatic heterocycles. The number of halogens is 5. The smallest absolute Gasteiger partial charge is 0.337 e. The number of amides is 1. The van der Waals surface area contributed by atoms with Gasteiger partial charge in [-0.3, -0.25) is 14.3 Å². The molecule has 218 valence electrons. The summed E-state index contributed by atoms with van der Waals surface area (Å²) >= 11 is 0. The van der Waals surface area contributed by atoms with Gasteiger partial charge in [0.15, 0.2) is 17.3 Å². The number of aromatic amines is 1. The highest BCUT2D eigenvalue weighted by Crippen LogP contribution is 2.35. The van der Waals surface area contributed by atoms with Gasteiger partial charge in [0, 0.05) is 37.1 Å². The van der Waals surface area contributed by atoms with E-state index < -0.39 is 46.6 Å². The van der Waals surface area contributed by atoms with Crippen LogP contribution in [0.25, 0.3) is 28.0 Å². The van der Waals surface area contributed by atoms with Gasteiger partial charge in [-0.1, -0.05) is 0 Å². The van der Waals surface area contributed by atoms with Crippen LogP contribution in [0.1, 0.15) is 40.5 Å². The van der Waals surface area contributed by atoms with Crippen molar-refractivity contribution in [3.05, 3.63) is 99.9 Å². The summed E-state index contributed by atoms with van der Waals surface area (Å²) in [6.45, 7) is 0.313. The Morgan fingerprint density at radius 3 is 2.51 bits per heavy atom. The van der Waals surface area contributed by atoms with E-state index in [2.05, 4.69) is 15.1 Å². The number of alkyl halides is 3. The third-order valence-corrected chi connectivity index (χ3v) is 7.45. The van der Waals surface area contributed by atoms with Gasteiger partial charge < -0.3 is 9.88 Å². The van der Waals surface area contributed by atoms with Gasteiger partial charge in [-0.05, 0) is 61.4 Å². The van der Waals surface area contributed by atoms with Crippen LogP contribution in [0.2, 0.25) is 0 Å².